The van der Waals surface area contributed by atoms with E-state index in [9.17, 15) is 14.4 Å². The third-order valence-electron chi connectivity index (χ3n) is 6.85. The van der Waals surface area contributed by atoms with E-state index in [0.717, 1.165) is 29.6 Å². The van der Waals surface area contributed by atoms with E-state index in [1.165, 1.54) is 0 Å². The molecule has 2 aliphatic rings. The number of esters is 3. The first-order valence-corrected chi connectivity index (χ1v) is 15.6. The zero-order valence-corrected chi connectivity index (χ0v) is 25.8. The van der Waals surface area contributed by atoms with E-state index in [0.29, 0.717) is 30.8 Å². The van der Waals surface area contributed by atoms with Gasteiger partial charge in [0.05, 0.1) is 18.3 Å². The molecule has 0 aromatic carbocycles. The molecular formula is C32H44O6S2. The third-order valence-corrected chi connectivity index (χ3v) is 8.37. The van der Waals surface area contributed by atoms with Crippen LogP contribution in [0.2, 0.25) is 0 Å². The maximum absolute atomic E-state index is 12.7. The van der Waals surface area contributed by atoms with Crippen molar-refractivity contribution in [3.8, 4) is 0 Å². The Bertz CT molecular complexity index is 1030. The number of rotatable bonds is 17. The Morgan fingerprint density at radius 2 is 1.60 bits per heavy atom. The van der Waals surface area contributed by atoms with Crippen molar-refractivity contribution >= 4 is 42.3 Å². The number of ether oxygens (including phenoxy) is 3. The summed E-state index contributed by atoms with van der Waals surface area (Å²) in [5, 5.41) is 0. The number of allylic oxidation sites excluding steroid dienone is 9. The minimum atomic E-state index is -0.801. The second-order valence-corrected chi connectivity index (χ2v) is 12.3. The average Bonchev–Trinajstić information content (AvgIpc) is 3.15. The normalized spacial score (nSPS) is 19.6. The minimum Gasteiger partial charge on any atom is -0.465 e. The molecule has 0 N–H and O–H groups in total. The summed E-state index contributed by atoms with van der Waals surface area (Å²) in [7, 11) is 0. The standard InChI is InChI=1S/C32H44O6S2/c1-5-11-28(33)36-22-32(6-2,23-37-29(34)16-20-39)24-38-30(35)17-21-40-31(4)18-10-14-27(15-19-31)25(3)26-12-8-7-9-13-26/h8,10,12-15,18-19,39H,3,5-7,9,11,16-17,20-24H2,1-2,4H3. The molecule has 2 atom stereocenters. The molecular weight excluding hydrogens is 544 g/mol. The molecule has 0 aromatic heterocycles. The van der Waals surface area contributed by atoms with Crippen LogP contribution in [0.4, 0.5) is 0 Å². The molecule has 0 saturated carbocycles. The summed E-state index contributed by atoms with van der Waals surface area (Å²) in [6.45, 7) is 10.2. The largest absolute Gasteiger partial charge is 0.465 e. The number of thiol groups is 1. The highest BCUT2D eigenvalue weighted by atomic mass is 32.2. The van der Waals surface area contributed by atoms with Crippen molar-refractivity contribution in [2.75, 3.05) is 31.3 Å². The topological polar surface area (TPSA) is 78.9 Å². The predicted octanol–water partition coefficient (Wildman–Crippen LogP) is 6.90. The molecule has 0 spiro atoms. The van der Waals surface area contributed by atoms with Gasteiger partial charge < -0.3 is 14.2 Å². The lowest BCUT2D eigenvalue weighted by molar-refractivity contribution is -0.162. The summed E-state index contributed by atoms with van der Waals surface area (Å²) in [6, 6.07) is 0. The van der Waals surface area contributed by atoms with Gasteiger partial charge in [-0.25, -0.2) is 0 Å². The SMILES string of the molecule is C=C(C1=CC=CC(C)(SCCC(=O)OCC(CC)(COC(=O)CCC)COC(=O)CCS)C=C1)C1=CCCC=C1. The Balaban J connectivity index is 1.90. The van der Waals surface area contributed by atoms with Crippen LogP contribution in [0.15, 0.2) is 71.9 Å². The maximum atomic E-state index is 12.7. The van der Waals surface area contributed by atoms with E-state index in [1.54, 1.807) is 11.8 Å². The molecule has 0 aromatic rings. The van der Waals surface area contributed by atoms with E-state index in [-0.39, 0.29) is 55.3 Å². The first-order valence-electron chi connectivity index (χ1n) is 14.0. The summed E-state index contributed by atoms with van der Waals surface area (Å²) in [5.41, 5.74) is 2.44. The Morgan fingerprint density at radius 3 is 2.17 bits per heavy atom. The van der Waals surface area contributed by atoms with Gasteiger partial charge in [-0.15, -0.1) is 11.8 Å². The second-order valence-electron chi connectivity index (χ2n) is 10.3. The van der Waals surface area contributed by atoms with Crippen LogP contribution in [0.3, 0.4) is 0 Å². The second kappa shape index (κ2) is 17.4. The Kier molecular flexibility index (Phi) is 14.7. The van der Waals surface area contributed by atoms with Crippen LogP contribution in [-0.2, 0) is 28.6 Å². The van der Waals surface area contributed by atoms with Gasteiger partial charge in [-0.3, -0.25) is 14.4 Å². The summed E-state index contributed by atoms with van der Waals surface area (Å²) >= 11 is 5.72. The van der Waals surface area contributed by atoms with Crippen molar-refractivity contribution in [2.24, 2.45) is 5.41 Å². The smallest absolute Gasteiger partial charge is 0.306 e. The predicted molar refractivity (Wildman–Crippen MR) is 166 cm³/mol. The van der Waals surface area contributed by atoms with E-state index >= 15 is 0 Å². The summed E-state index contributed by atoms with van der Waals surface area (Å²) in [4.78, 5) is 36.6. The van der Waals surface area contributed by atoms with Gasteiger partial charge in [0.25, 0.3) is 0 Å². The van der Waals surface area contributed by atoms with Crippen LogP contribution < -0.4 is 0 Å². The van der Waals surface area contributed by atoms with Crippen LogP contribution in [-0.4, -0.2) is 54.0 Å². The average molecular weight is 589 g/mol. The molecule has 2 aliphatic carbocycles. The molecule has 2 unspecified atom stereocenters. The number of carbonyl (C=O) groups is 3. The molecule has 40 heavy (non-hydrogen) atoms. The molecule has 0 amide bonds. The molecule has 0 heterocycles. The van der Waals surface area contributed by atoms with Gasteiger partial charge in [-0.1, -0.05) is 69.0 Å². The molecule has 0 bridgehead atoms. The Labute approximate surface area is 249 Å². The molecule has 0 fully saturated rings. The molecule has 0 aliphatic heterocycles. The van der Waals surface area contributed by atoms with Crippen molar-refractivity contribution in [3.63, 3.8) is 0 Å². The van der Waals surface area contributed by atoms with E-state index in [1.807, 2.05) is 19.9 Å². The molecule has 220 valence electrons. The highest BCUT2D eigenvalue weighted by Gasteiger charge is 2.34. The number of hydrogen-bond acceptors (Lipinski definition) is 8. The highest BCUT2D eigenvalue weighted by molar-refractivity contribution is 8.01. The minimum absolute atomic E-state index is 0.00146. The lowest BCUT2D eigenvalue weighted by Crippen LogP contribution is -2.39. The van der Waals surface area contributed by atoms with Crippen LogP contribution in [0.25, 0.3) is 0 Å². The maximum Gasteiger partial charge on any atom is 0.306 e. The van der Waals surface area contributed by atoms with Crippen LogP contribution in [0.5, 0.6) is 0 Å². The van der Waals surface area contributed by atoms with Gasteiger partial charge in [0.1, 0.15) is 19.8 Å². The number of carbonyl (C=O) groups excluding carboxylic acids is 3. The lowest BCUT2D eigenvalue weighted by Gasteiger charge is -2.31. The van der Waals surface area contributed by atoms with Crippen molar-refractivity contribution in [3.05, 3.63) is 71.9 Å². The van der Waals surface area contributed by atoms with Gasteiger partial charge in [0.15, 0.2) is 0 Å². The van der Waals surface area contributed by atoms with Gasteiger partial charge >= 0.3 is 17.9 Å². The first kappa shape index (κ1) is 33.8. The molecule has 2 rings (SSSR count). The zero-order chi connectivity index (χ0) is 29.4. The Morgan fingerprint density at radius 1 is 0.950 bits per heavy atom. The van der Waals surface area contributed by atoms with E-state index in [4.69, 9.17) is 14.2 Å². The van der Waals surface area contributed by atoms with Crippen molar-refractivity contribution in [2.45, 2.75) is 70.5 Å². The highest BCUT2D eigenvalue weighted by Crippen LogP contribution is 2.33. The molecule has 0 radical (unpaired) electrons. The summed E-state index contributed by atoms with van der Waals surface area (Å²) in [5.74, 6) is -0.117. The monoisotopic (exact) mass is 588 g/mol. The fourth-order valence-corrected chi connectivity index (χ4v) is 5.24. The van der Waals surface area contributed by atoms with Crippen molar-refractivity contribution in [1.82, 2.24) is 0 Å². The van der Waals surface area contributed by atoms with Crippen molar-refractivity contribution < 1.29 is 28.6 Å². The Hall–Kier alpha value is -2.45. The van der Waals surface area contributed by atoms with Gasteiger partial charge in [0.2, 0.25) is 0 Å². The fraction of sp³-hybridized carbons (Fsp3) is 0.531. The molecule has 6 nitrogen and oxygen atoms in total. The van der Waals surface area contributed by atoms with E-state index < -0.39 is 5.41 Å². The first-order chi connectivity index (χ1) is 19.2. The number of thioether (sulfide) groups is 1. The summed E-state index contributed by atoms with van der Waals surface area (Å²) < 4.78 is 16.2. The molecule has 0 saturated heterocycles. The van der Waals surface area contributed by atoms with Gasteiger partial charge in [-0.05, 0) is 49.3 Å². The fourth-order valence-electron chi connectivity index (χ4n) is 4.01. The van der Waals surface area contributed by atoms with Crippen LogP contribution >= 0.6 is 24.4 Å². The van der Waals surface area contributed by atoms with Gasteiger partial charge in [-0.2, -0.15) is 12.6 Å². The summed E-state index contributed by atoms with van der Waals surface area (Å²) in [6.07, 6.45) is 21.0. The van der Waals surface area contributed by atoms with E-state index in [2.05, 4.69) is 68.7 Å². The number of hydrogen-bond donors (Lipinski definition) is 1. The van der Waals surface area contributed by atoms with Crippen LogP contribution in [0, 0.1) is 5.41 Å². The van der Waals surface area contributed by atoms with Gasteiger partial charge in [0, 0.05) is 22.7 Å². The lowest BCUT2D eigenvalue weighted by atomic mass is 9.88. The van der Waals surface area contributed by atoms with Crippen molar-refractivity contribution in [1.29, 1.82) is 0 Å². The van der Waals surface area contributed by atoms with Crippen LogP contribution in [0.1, 0.15) is 65.7 Å². The zero-order valence-electron chi connectivity index (χ0n) is 24.1. The third kappa shape index (κ3) is 11.6. The molecule has 8 heteroatoms. The quantitative estimate of drug-likeness (QED) is 0.112.